The maximum Gasteiger partial charge on any atom is 0.123 e. The Labute approximate surface area is 140 Å². The van der Waals surface area contributed by atoms with Gasteiger partial charge in [-0.05, 0) is 24.6 Å². The van der Waals surface area contributed by atoms with Crippen LogP contribution in [0.25, 0.3) is 0 Å². The van der Waals surface area contributed by atoms with E-state index in [-0.39, 0.29) is 0 Å². The van der Waals surface area contributed by atoms with Gasteiger partial charge in [0.05, 0.1) is 0 Å². The van der Waals surface area contributed by atoms with Crippen molar-refractivity contribution < 1.29 is 4.74 Å². The highest BCUT2D eigenvalue weighted by atomic mass is 28.3. The van der Waals surface area contributed by atoms with E-state index >= 15 is 0 Å². The second kappa shape index (κ2) is 7.88. The van der Waals surface area contributed by atoms with Crippen LogP contribution in [-0.2, 0) is 17.9 Å². The van der Waals surface area contributed by atoms with Crippen molar-refractivity contribution in [2.24, 2.45) is 0 Å². The predicted molar refractivity (Wildman–Crippen MR) is 97.0 cm³/mol. The summed E-state index contributed by atoms with van der Waals surface area (Å²) in [5, 5.41) is 0. The van der Waals surface area contributed by atoms with Crippen molar-refractivity contribution in [1.82, 2.24) is 14.5 Å². The molecule has 2 rings (SSSR count). The SMILES string of the molecule is C[C](Cc1ncccc1C)c1nccn1COCC[Si](C)(C)C. The molecule has 0 fully saturated rings. The van der Waals surface area contributed by atoms with Gasteiger partial charge in [0.1, 0.15) is 12.6 Å². The van der Waals surface area contributed by atoms with Crippen molar-refractivity contribution in [3.05, 3.63) is 53.7 Å². The lowest BCUT2D eigenvalue weighted by Gasteiger charge is -2.17. The summed E-state index contributed by atoms with van der Waals surface area (Å²) in [5.41, 5.74) is 2.33. The van der Waals surface area contributed by atoms with Gasteiger partial charge in [-0.2, -0.15) is 0 Å². The number of rotatable bonds is 8. The van der Waals surface area contributed by atoms with Gasteiger partial charge in [-0.15, -0.1) is 0 Å². The van der Waals surface area contributed by atoms with E-state index in [9.17, 15) is 0 Å². The first kappa shape index (κ1) is 17.9. The van der Waals surface area contributed by atoms with E-state index in [1.54, 1.807) is 0 Å². The van der Waals surface area contributed by atoms with E-state index < -0.39 is 8.07 Å². The van der Waals surface area contributed by atoms with Crippen molar-refractivity contribution in [3.8, 4) is 0 Å². The number of ether oxygens (including phenoxy) is 1. The van der Waals surface area contributed by atoms with Gasteiger partial charge < -0.3 is 9.30 Å². The third kappa shape index (κ3) is 5.59. The summed E-state index contributed by atoms with van der Waals surface area (Å²) >= 11 is 0. The highest BCUT2D eigenvalue weighted by Crippen LogP contribution is 2.19. The van der Waals surface area contributed by atoms with E-state index in [4.69, 9.17) is 4.74 Å². The van der Waals surface area contributed by atoms with E-state index in [2.05, 4.69) is 54.1 Å². The minimum Gasteiger partial charge on any atom is -0.361 e. The molecule has 0 N–H and O–H groups in total. The fourth-order valence-corrected chi connectivity index (χ4v) is 3.12. The minimum absolute atomic E-state index is 0.568. The molecule has 5 heteroatoms. The van der Waals surface area contributed by atoms with E-state index in [0.29, 0.717) is 6.73 Å². The van der Waals surface area contributed by atoms with Crippen LogP contribution in [0.5, 0.6) is 0 Å². The summed E-state index contributed by atoms with van der Waals surface area (Å²) in [4.78, 5) is 8.97. The number of pyridine rings is 1. The van der Waals surface area contributed by atoms with E-state index in [1.807, 2.05) is 24.7 Å². The lowest BCUT2D eigenvalue weighted by atomic mass is 10.0. The molecule has 2 heterocycles. The molecule has 2 aromatic heterocycles. The Kier molecular flexibility index (Phi) is 6.13. The fourth-order valence-electron chi connectivity index (χ4n) is 2.36. The van der Waals surface area contributed by atoms with Crippen molar-refractivity contribution in [2.45, 2.75) is 52.7 Å². The Bertz CT molecular complexity index is 619. The summed E-state index contributed by atoms with van der Waals surface area (Å²) in [6, 6.07) is 5.26. The highest BCUT2D eigenvalue weighted by Gasteiger charge is 2.16. The zero-order valence-corrected chi connectivity index (χ0v) is 16.0. The molecule has 0 aliphatic heterocycles. The van der Waals surface area contributed by atoms with Crippen LogP contribution >= 0.6 is 0 Å². The molecule has 0 unspecified atom stereocenters. The fraction of sp³-hybridized carbons (Fsp3) is 0.500. The van der Waals surface area contributed by atoms with Gasteiger partial charge in [-0.1, -0.05) is 32.6 Å². The van der Waals surface area contributed by atoms with Crippen LogP contribution in [0, 0.1) is 12.8 Å². The Morgan fingerprint density at radius 1 is 1.22 bits per heavy atom. The van der Waals surface area contributed by atoms with Crippen LogP contribution in [0.2, 0.25) is 25.7 Å². The third-order valence-electron chi connectivity index (χ3n) is 3.87. The second-order valence-corrected chi connectivity index (χ2v) is 12.9. The zero-order valence-electron chi connectivity index (χ0n) is 15.0. The van der Waals surface area contributed by atoms with Gasteiger partial charge >= 0.3 is 0 Å². The molecule has 4 nitrogen and oxygen atoms in total. The van der Waals surface area contributed by atoms with Crippen molar-refractivity contribution in [3.63, 3.8) is 0 Å². The van der Waals surface area contributed by atoms with Crippen molar-refractivity contribution in [2.75, 3.05) is 6.61 Å². The minimum atomic E-state index is -1.04. The van der Waals surface area contributed by atoms with Gasteiger partial charge in [0, 0.05) is 51.3 Å². The number of aromatic nitrogens is 3. The van der Waals surface area contributed by atoms with E-state index in [1.165, 1.54) is 17.5 Å². The summed E-state index contributed by atoms with van der Waals surface area (Å²) in [6.45, 7) is 12.7. The first-order valence-electron chi connectivity index (χ1n) is 8.19. The van der Waals surface area contributed by atoms with Crippen LogP contribution in [0.1, 0.15) is 24.0 Å². The smallest absolute Gasteiger partial charge is 0.123 e. The molecule has 23 heavy (non-hydrogen) atoms. The quantitative estimate of drug-likeness (QED) is 0.541. The summed E-state index contributed by atoms with van der Waals surface area (Å²) < 4.78 is 7.93. The van der Waals surface area contributed by atoms with Gasteiger partial charge in [0.2, 0.25) is 0 Å². The normalized spacial score (nSPS) is 12.1. The molecule has 125 valence electrons. The second-order valence-electron chi connectivity index (χ2n) is 7.29. The van der Waals surface area contributed by atoms with Crippen LogP contribution in [0.15, 0.2) is 30.7 Å². The van der Waals surface area contributed by atoms with Gasteiger partial charge in [-0.3, -0.25) is 4.98 Å². The molecule has 0 saturated heterocycles. The van der Waals surface area contributed by atoms with Crippen LogP contribution < -0.4 is 0 Å². The Morgan fingerprint density at radius 3 is 2.70 bits per heavy atom. The topological polar surface area (TPSA) is 39.9 Å². The molecule has 2 aromatic rings. The van der Waals surface area contributed by atoms with Crippen LogP contribution in [0.4, 0.5) is 0 Å². The molecule has 0 aliphatic rings. The predicted octanol–water partition coefficient (Wildman–Crippen LogP) is 4.08. The van der Waals surface area contributed by atoms with Gasteiger partial charge in [-0.25, -0.2) is 4.98 Å². The molecule has 1 radical (unpaired) electrons. The maximum absolute atomic E-state index is 5.85. The monoisotopic (exact) mass is 330 g/mol. The number of hydrogen-bond acceptors (Lipinski definition) is 3. The molecule has 0 saturated carbocycles. The average Bonchev–Trinajstić information content (AvgIpc) is 2.93. The summed E-state index contributed by atoms with van der Waals surface area (Å²) in [6.07, 6.45) is 6.49. The molecule has 0 spiro atoms. The Hall–Kier alpha value is -1.46. The largest absolute Gasteiger partial charge is 0.361 e. The van der Waals surface area contributed by atoms with Crippen LogP contribution in [0.3, 0.4) is 0 Å². The molecular weight excluding hydrogens is 302 g/mol. The maximum atomic E-state index is 5.85. The van der Waals surface area contributed by atoms with Gasteiger partial charge in [0.15, 0.2) is 0 Å². The number of aryl methyl sites for hydroxylation is 1. The molecule has 0 bridgehead atoms. The van der Waals surface area contributed by atoms with Gasteiger partial charge in [0.25, 0.3) is 0 Å². The third-order valence-corrected chi connectivity index (χ3v) is 5.58. The molecule has 0 amide bonds. The zero-order chi connectivity index (χ0) is 16.9. The van der Waals surface area contributed by atoms with Crippen molar-refractivity contribution in [1.29, 1.82) is 0 Å². The Morgan fingerprint density at radius 2 is 2.00 bits per heavy atom. The first-order valence-corrected chi connectivity index (χ1v) is 11.9. The first-order chi connectivity index (χ1) is 10.9. The number of nitrogens with zero attached hydrogens (tertiary/aromatic N) is 3. The highest BCUT2D eigenvalue weighted by molar-refractivity contribution is 6.76. The standard InChI is InChI=1S/C18H28N3OSi/c1-15-7-6-8-19-17(15)13-16(2)18-20-9-10-21(18)14-22-11-12-23(3,4)5/h6-10H,11-14H2,1-5H3. The lowest BCUT2D eigenvalue weighted by Crippen LogP contribution is -2.22. The Balaban J connectivity index is 1.93. The summed E-state index contributed by atoms with van der Waals surface area (Å²) in [5.74, 6) is 2.20. The summed E-state index contributed by atoms with van der Waals surface area (Å²) in [7, 11) is -1.04. The molecule has 0 atom stereocenters. The molecule has 0 aliphatic carbocycles. The van der Waals surface area contributed by atoms with Crippen LogP contribution in [-0.4, -0.2) is 29.2 Å². The van der Waals surface area contributed by atoms with Crippen molar-refractivity contribution >= 4 is 8.07 Å². The van der Waals surface area contributed by atoms with E-state index in [0.717, 1.165) is 24.5 Å². The lowest BCUT2D eigenvalue weighted by molar-refractivity contribution is 0.0856. The average molecular weight is 331 g/mol. The molecule has 0 aromatic carbocycles. The molecular formula is C18H28N3OSi. The number of imidazole rings is 1. The number of hydrogen-bond donors (Lipinski definition) is 0.